The van der Waals surface area contributed by atoms with Gasteiger partial charge in [0.05, 0.1) is 28.5 Å². The van der Waals surface area contributed by atoms with E-state index in [4.69, 9.17) is 5.73 Å². The van der Waals surface area contributed by atoms with Crippen LogP contribution >= 0.6 is 0 Å². The molecule has 0 radical (unpaired) electrons. The zero-order chi connectivity index (χ0) is 20.8. The van der Waals surface area contributed by atoms with Gasteiger partial charge in [0.15, 0.2) is 23.0 Å². The standard InChI is InChI=1S/C19H16F3N5O2/c20-19(21,22)11-2-3-12-13(8-11)27-14(10-1-4-15(28)16(29)7-10)9-25-18(27)17(26-12)24-6-5-23/h1-4,7-9,28-29H,5-6,23H2,(H,24,26). The van der Waals surface area contributed by atoms with Crippen molar-refractivity contribution >= 4 is 22.5 Å². The predicted octanol–water partition coefficient (Wildman–Crippen LogP) is 3.35. The molecule has 2 aromatic carbocycles. The van der Waals surface area contributed by atoms with Crippen molar-refractivity contribution in [3.8, 4) is 22.8 Å². The summed E-state index contributed by atoms with van der Waals surface area (Å²) in [7, 11) is 0. The molecule has 0 atom stereocenters. The van der Waals surface area contributed by atoms with E-state index >= 15 is 0 Å². The molecule has 0 fully saturated rings. The minimum atomic E-state index is -4.52. The van der Waals surface area contributed by atoms with Crippen molar-refractivity contribution in [2.24, 2.45) is 5.73 Å². The number of halogens is 3. The Labute approximate surface area is 162 Å². The third kappa shape index (κ3) is 3.27. The van der Waals surface area contributed by atoms with E-state index in [1.807, 2.05) is 0 Å². The number of hydrogen-bond acceptors (Lipinski definition) is 6. The largest absolute Gasteiger partial charge is 0.504 e. The molecule has 150 valence electrons. The topological polar surface area (TPSA) is 109 Å². The van der Waals surface area contributed by atoms with Crippen molar-refractivity contribution in [1.29, 1.82) is 0 Å². The number of imidazole rings is 1. The number of fused-ring (bicyclic) bond motifs is 3. The van der Waals surface area contributed by atoms with Gasteiger partial charge in [-0.3, -0.25) is 4.40 Å². The Morgan fingerprint density at radius 2 is 1.86 bits per heavy atom. The van der Waals surface area contributed by atoms with Gasteiger partial charge in [-0.15, -0.1) is 0 Å². The van der Waals surface area contributed by atoms with Gasteiger partial charge in [-0.1, -0.05) is 0 Å². The average Bonchev–Trinajstić information content (AvgIpc) is 3.13. The molecule has 0 saturated heterocycles. The van der Waals surface area contributed by atoms with Crippen molar-refractivity contribution in [2.75, 3.05) is 18.4 Å². The SMILES string of the molecule is NCCNc1nc2ccc(C(F)(F)F)cc2n2c(-c3ccc(O)c(O)c3)cnc12. The molecule has 10 heteroatoms. The van der Waals surface area contributed by atoms with Crippen molar-refractivity contribution in [2.45, 2.75) is 6.18 Å². The number of rotatable bonds is 4. The molecule has 4 aromatic rings. The van der Waals surface area contributed by atoms with Crippen LogP contribution < -0.4 is 11.1 Å². The maximum Gasteiger partial charge on any atom is 0.416 e. The molecule has 7 nitrogen and oxygen atoms in total. The highest BCUT2D eigenvalue weighted by atomic mass is 19.4. The van der Waals surface area contributed by atoms with Gasteiger partial charge in [-0.25, -0.2) is 9.97 Å². The van der Waals surface area contributed by atoms with Crippen LogP contribution in [0.1, 0.15) is 5.56 Å². The lowest BCUT2D eigenvalue weighted by Gasteiger charge is -2.13. The number of phenolic OH excluding ortho intramolecular Hbond substituents is 2. The van der Waals surface area contributed by atoms with Crippen LogP contribution in [-0.4, -0.2) is 37.7 Å². The van der Waals surface area contributed by atoms with Crippen LogP contribution in [0, 0.1) is 0 Å². The number of anilines is 1. The first kappa shape index (κ1) is 18.8. The highest BCUT2D eigenvalue weighted by molar-refractivity contribution is 5.87. The average molecular weight is 403 g/mol. The minimum absolute atomic E-state index is 0.202. The lowest BCUT2D eigenvalue weighted by atomic mass is 10.1. The second-order valence-electron chi connectivity index (χ2n) is 6.38. The van der Waals surface area contributed by atoms with Gasteiger partial charge in [0, 0.05) is 18.7 Å². The smallest absolute Gasteiger partial charge is 0.416 e. The van der Waals surface area contributed by atoms with Gasteiger partial charge in [-0.05, 0) is 36.4 Å². The summed E-state index contributed by atoms with van der Waals surface area (Å²) in [5.41, 5.74) is 6.45. The molecule has 0 aliphatic heterocycles. The molecule has 0 aliphatic rings. The maximum absolute atomic E-state index is 13.3. The highest BCUT2D eigenvalue weighted by Gasteiger charge is 2.31. The van der Waals surface area contributed by atoms with Crippen molar-refractivity contribution in [1.82, 2.24) is 14.4 Å². The van der Waals surface area contributed by atoms with E-state index in [2.05, 4.69) is 15.3 Å². The molecule has 0 unspecified atom stereocenters. The summed E-state index contributed by atoms with van der Waals surface area (Å²) in [5, 5.41) is 22.4. The van der Waals surface area contributed by atoms with Crippen molar-refractivity contribution in [3.63, 3.8) is 0 Å². The van der Waals surface area contributed by atoms with E-state index in [0.29, 0.717) is 41.3 Å². The van der Waals surface area contributed by atoms with Crippen LogP contribution in [0.2, 0.25) is 0 Å². The Morgan fingerprint density at radius 3 is 2.55 bits per heavy atom. The Bertz CT molecular complexity index is 1220. The first-order valence-corrected chi connectivity index (χ1v) is 8.64. The highest BCUT2D eigenvalue weighted by Crippen LogP contribution is 2.35. The van der Waals surface area contributed by atoms with Crippen LogP contribution in [0.4, 0.5) is 19.0 Å². The normalized spacial score (nSPS) is 12.0. The summed E-state index contributed by atoms with van der Waals surface area (Å²) in [5.74, 6) is -0.288. The first-order chi connectivity index (χ1) is 13.8. The van der Waals surface area contributed by atoms with Gasteiger partial charge in [-0.2, -0.15) is 13.2 Å². The van der Waals surface area contributed by atoms with E-state index in [0.717, 1.165) is 12.1 Å². The summed E-state index contributed by atoms with van der Waals surface area (Å²) in [6.45, 7) is 0.731. The lowest BCUT2D eigenvalue weighted by Crippen LogP contribution is -2.15. The minimum Gasteiger partial charge on any atom is -0.504 e. The molecular weight excluding hydrogens is 387 g/mol. The number of phenols is 2. The Balaban J connectivity index is 2.06. The lowest BCUT2D eigenvalue weighted by molar-refractivity contribution is -0.137. The van der Waals surface area contributed by atoms with Gasteiger partial charge in [0.2, 0.25) is 0 Å². The van der Waals surface area contributed by atoms with Crippen LogP contribution in [0.15, 0.2) is 42.6 Å². The summed E-state index contributed by atoms with van der Waals surface area (Å²) in [6, 6.07) is 7.41. The van der Waals surface area contributed by atoms with Crippen LogP contribution in [0.5, 0.6) is 11.5 Å². The van der Waals surface area contributed by atoms with Crippen LogP contribution in [-0.2, 0) is 6.18 Å². The zero-order valence-corrected chi connectivity index (χ0v) is 14.9. The molecule has 2 heterocycles. The molecular formula is C19H16F3N5O2. The zero-order valence-electron chi connectivity index (χ0n) is 14.9. The molecule has 4 rings (SSSR count). The number of nitrogens with two attached hydrogens (primary N) is 1. The van der Waals surface area contributed by atoms with E-state index < -0.39 is 11.7 Å². The number of hydrogen-bond donors (Lipinski definition) is 4. The number of nitrogens with zero attached hydrogens (tertiary/aromatic N) is 3. The van der Waals surface area contributed by atoms with E-state index in [9.17, 15) is 23.4 Å². The summed E-state index contributed by atoms with van der Waals surface area (Å²) >= 11 is 0. The Hall–Kier alpha value is -3.53. The summed E-state index contributed by atoms with van der Waals surface area (Å²) in [6.07, 6.45) is -3.05. The molecule has 0 aliphatic carbocycles. The second-order valence-corrected chi connectivity index (χ2v) is 6.38. The molecule has 29 heavy (non-hydrogen) atoms. The molecule has 0 saturated carbocycles. The second kappa shape index (κ2) is 6.82. The Morgan fingerprint density at radius 1 is 1.07 bits per heavy atom. The number of aromatic nitrogens is 3. The molecule has 0 spiro atoms. The molecule has 0 bridgehead atoms. The molecule has 5 N–H and O–H groups in total. The van der Waals surface area contributed by atoms with E-state index in [-0.39, 0.29) is 17.0 Å². The molecule has 2 aromatic heterocycles. The van der Waals surface area contributed by atoms with Crippen LogP contribution in [0.3, 0.4) is 0 Å². The number of alkyl halides is 3. The Kier molecular flexibility index (Phi) is 4.42. The molecule has 0 amide bonds. The monoisotopic (exact) mass is 403 g/mol. The maximum atomic E-state index is 13.3. The number of nitrogens with one attached hydrogen (secondary N) is 1. The van der Waals surface area contributed by atoms with Crippen molar-refractivity contribution in [3.05, 3.63) is 48.2 Å². The predicted molar refractivity (Wildman–Crippen MR) is 102 cm³/mol. The van der Waals surface area contributed by atoms with Crippen LogP contribution in [0.25, 0.3) is 27.9 Å². The van der Waals surface area contributed by atoms with Gasteiger partial charge >= 0.3 is 6.18 Å². The number of benzene rings is 2. The van der Waals surface area contributed by atoms with E-state index in [1.54, 1.807) is 0 Å². The van der Waals surface area contributed by atoms with Crippen molar-refractivity contribution < 1.29 is 23.4 Å². The summed E-state index contributed by atoms with van der Waals surface area (Å²) < 4.78 is 41.4. The third-order valence-corrected chi connectivity index (χ3v) is 4.46. The fraction of sp³-hybridized carbons (Fsp3) is 0.158. The first-order valence-electron chi connectivity index (χ1n) is 8.64. The van der Waals surface area contributed by atoms with Gasteiger partial charge in [0.25, 0.3) is 0 Å². The fourth-order valence-corrected chi connectivity index (χ4v) is 3.10. The number of aromatic hydroxyl groups is 2. The summed E-state index contributed by atoms with van der Waals surface area (Å²) in [4.78, 5) is 8.71. The van der Waals surface area contributed by atoms with Gasteiger partial charge in [0.1, 0.15) is 0 Å². The third-order valence-electron chi connectivity index (χ3n) is 4.46. The van der Waals surface area contributed by atoms with E-state index in [1.165, 1.54) is 34.9 Å². The quantitative estimate of drug-likeness (QED) is 0.389. The van der Waals surface area contributed by atoms with Gasteiger partial charge < -0.3 is 21.3 Å². The fourth-order valence-electron chi connectivity index (χ4n) is 3.10.